The van der Waals surface area contributed by atoms with Crippen molar-refractivity contribution in [1.82, 2.24) is 20.0 Å². The van der Waals surface area contributed by atoms with Gasteiger partial charge in [-0.1, -0.05) is 12.1 Å². The summed E-state index contributed by atoms with van der Waals surface area (Å²) >= 11 is 0. The maximum Gasteiger partial charge on any atom is 0.267 e. The highest BCUT2D eigenvalue weighted by Crippen LogP contribution is 2.18. The van der Waals surface area contributed by atoms with Crippen LogP contribution in [0.2, 0.25) is 0 Å². The van der Waals surface area contributed by atoms with Crippen LogP contribution in [0.1, 0.15) is 31.3 Å². The second-order valence-corrected chi connectivity index (χ2v) is 5.06. The first kappa shape index (κ1) is 12.8. The Balaban J connectivity index is 2.00. The largest absolute Gasteiger partial charge is 0.352 e. The zero-order valence-electron chi connectivity index (χ0n) is 11.5. The lowest BCUT2D eigenvalue weighted by Crippen LogP contribution is -2.35. The minimum Gasteiger partial charge on any atom is -0.352 e. The maximum absolute atomic E-state index is 12.5. The van der Waals surface area contributed by atoms with Gasteiger partial charge in [-0.25, -0.2) is 0 Å². The van der Waals surface area contributed by atoms with E-state index < -0.39 is 0 Å². The van der Waals surface area contributed by atoms with E-state index in [2.05, 4.69) is 15.5 Å². The highest BCUT2D eigenvalue weighted by Gasteiger charge is 2.24. The van der Waals surface area contributed by atoms with Crippen LogP contribution >= 0.6 is 0 Å². The van der Waals surface area contributed by atoms with Crippen molar-refractivity contribution in [2.45, 2.75) is 45.7 Å². The molecule has 0 unspecified atom stereocenters. The standard InChI is InChI=1S/C13H16N4O3/c1-3-9-11-12(20-16-9)14-7(2)17(13(11)19)6-10(18)15-8-4-5-8/h8H,3-6H2,1-2H3,(H,15,18). The van der Waals surface area contributed by atoms with Crippen molar-refractivity contribution >= 4 is 17.0 Å². The number of rotatable bonds is 4. The molecule has 3 rings (SSSR count). The number of hydrogen-bond donors (Lipinski definition) is 1. The summed E-state index contributed by atoms with van der Waals surface area (Å²) in [6.45, 7) is 3.55. The van der Waals surface area contributed by atoms with E-state index in [1.165, 1.54) is 4.57 Å². The average molecular weight is 276 g/mol. The third kappa shape index (κ3) is 2.19. The van der Waals surface area contributed by atoms with Gasteiger partial charge in [0.2, 0.25) is 5.91 Å². The first-order valence-corrected chi connectivity index (χ1v) is 6.75. The first-order chi connectivity index (χ1) is 9.60. The Hall–Kier alpha value is -2.18. The van der Waals surface area contributed by atoms with Crippen LogP contribution in [0, 0.1) is 6.92 Å². The molecular formula is C13H16N4O3. The van der Waals surface area contributed by atoms with Crippen LogP contribution in [-0.4, -0.2) is 26.7 Å². The predicted molar refractivity (Wildman–Crippen MR) is 71.3 cm³/mol. The Labute approximate surface area is 115 Å². The van der Waals surface area contributed by atoms with Crippen molar-refractivity contribution in [3.05, 3.63) is 21.9 Å². The zero-order valence-corrected chi connectivity index (χ0v) is 11.5. The first-order valence-electron chi connectivity index (χ1n) is 6.75. The lowest BCUT2D eigenvalue weighted by atomic mass is 10.2. The van der Waals surface area contributed by atoms with Gasteiger partial charge in [-0.2, -0.15) is 4.98 Å². The van der Waals surface area contributed by atoms with Crippen molar-refractivity contribution in [3.63, 3.8) is 0 Å². The number of nitrogens with zero attached hydrogens (tertiary/aromatic N) is 3. The Morgan fingerprint density at radius 1 is 1.50 bits per heavy atom. The molecule has 1 N–H and O–H groups in total. The summed E-state index contributed by atoms with van der Waals surface area (Å²) in [7, 11) is 0. The summed E-state index contributed by atoms with van der Waals surface area (Å²) in [4.78, 5) is 28.5. The van der Waals surface area contributed by atoms with Crippen molar-refractivity contribution in [3.8, 4) is 0 Å². The number of carbonyl (C=O) groups is 1. The van der Waals surface area contributed by atoms with Gasteiger partial charge >= 0.3 is 0 Å². The molecule has 2 aromatic rings. The van der Waals surface area contributed by atoms with Crippen LogP contribution < -0.4 is 10.9 Å². The molecule has 1 amide bonds. The molecule has 2 heterocycles. The molecule has 7 nitrogen and oxygen atoms in total. The van der Waals surface area contributed by atoms with Crippen molar-refractivity contribution in [2.24, 2.45) is 0 Å². The summed E-state index contributed by atoms with van der Waals surface area (Å²) in [5.74, 6) is 0.292. The van der Waals surface area contributed by atoms with E-state index in [4.69, 9.17) is 4.52 Å². The van der Waals surface area contributed by atoms with Crippen LogP contribution in [0.5, 0.6) is 0 Å². The second-order valence-electron chi connectivity index (χ2n) is 5.06. The molecule has 2 aromatic heterocycles. The zero-order chi connectivity index (χ0) is 14.3. The van der Waals surface area contributed by atoms with Gasteiger partial charge in [0.1, 0.15) is 17.8 Å². The quantitative estimate of drug-likeness (QED) is 0.880. The van der Waals surface area contributed by atoms with Crippen molar-refractivity contribution in [2.75, 3.05) is 0 Å². The number of aryl methyl sites for hydroxylation is 2. The molecule has 106 valence electrons. The molecule has 0 bridgehead atoms. The maximum atomic E-state index is 12.5. The summed E-state index contributed by atoms with van der Waals surface area (Å²) < 4.78 is 6.43. The van der Waals surface area contributed by atoms with Crippen molar-refractivity contribution in [1.29, 1.82) is 0 Å². The fourth-order valence-corrected chi connectivity index (χ4v) is 2.17. The molecule has 1 saturated carbocycles. The van der Waals surface area contributed by atoms with Gasteiger partial charge in [-0.15, -0.1) is 0 Å². The van der Waals surface area contributed by atoms with Crippen LogP contribution in [-0.2, 0) is 17.8 Å². The Bertz CT molecular complexity index is 727. The van der Waals surface area contributed by atoms with Gasteiger partial charge in [0.25, 0.3) is 11.3 Å². The highest BCUT2D eigenvalue weighted by molar-refractivity contribution is 5.78. The van der Waals surface area contributed by atoms with Crippen LogP contribution in [0.25, 0.3) is 11.1 Å². The van der Waals surface area contributed by atoms with E-state index in [0.717, 1.165) is 12.8 Å². The minimum atomic E-state index is -0.267. The van der Waals surface area contributed by atoms with Gasteiger partial charge in [0, 0.05) is 6.04 Å². The third-order valence-electron chi connectivity index (χ3n) is 3.44. The van der Waals surface area contributed by atoms with Gasteiger partial charge in [-0.3, -0.25) is 14.2 Å². The molecule has 0 spiro atoms. The number of nitrogens with one attached hydrogen (secondary N) is 1. The third-order valence-corrected chi connectivity index (χ3v) is 3.44. The molecule has 0 saturated heterocycles. The van der Waals surface area contributed by atoms with E-state index in [1.807, 2.05) is 6.92 Å². The minimum absolute atomic E-state index is 0.0154. The topological polar surface area (TPSA) is 90.0 Å². The van der Waals surface area contributed by atoms with Gasteiger partial charge in [0.05, 0.1) is 5.69 Å². The molecular weight excluding hydrogens is 260 g/mol. The molecule has 1 fully saturated rings. The van der Waals surface area contributed by atoms with Gasteiger partial charge in [-0.05, 0) is 26.2 Å². The van der Waals surface area contributed by atoms with E-state index in [-0.39, 0.29) is 29.8 Å². The summed E-state index contributed by atoms with van der Waals surface area (Å²) in [5.41, 5.74) is 0.550. The SMILES string of the molecule is CCc1noc2nc(C)n(CC(=O)NC3CC3)c(=O)c12. The van der Waals surface area contributed by atoms with E-state index in [1.54, 1.807) is 6.92 Å². The van der Waals surface area contributed by atoms with E-state index >= 15 is 0 Å². The fraction of sp³-hybridized carbons (Fsp3) is 0.538. The molecule has 0 aliphatic heterocycles. The van der Waals surface area contributed by atoms with Crippen molar-refractivity contribution < 1.29 is 9.32 Å². The molecule has 0 atom stereocenters. The summed E-state index contributed by atoms with van der Waals surface area (Å²) in [6.07, 6.45) is 2.62. The second kappa shape index (κ2) is 4.73. The number of carbonyl (C=O) groups excluding carboxylic acids is 1. The normalized spacial score (nSPS) is 14.7. The van der Waals surface area contributed by atoms with E-state index in [9.17, 15) is 9.59 Å². The summed E-state index contributed by atoms with van der Waals surface area (Å²) in [5, 5.41) is 7.08. The van der Waals surface area contributed by atoms with E-state index in [0.29, 0.717) is 23.3 Å². The van der Waals surface area contributed by atoms with Crippen LogP contribution in [0.4, 0.5) is 0 Å². The summed E-state index contributed by atoms with van der Waals surface area (Å²) in [6, 6.07) is 0.275. The Morgan fingerprint density at radius 3 is 2.90 bits per heavy atom. The molecule has 1 aliphatic carbocycles. The highest BCUT2D eigenvalue weighted by atomic mass is 16.5. The molecule has 7 heteroatoms. The number of aromatic nitrogens is 3. The molecule has 20 heavy (non-hydrogen) atoms. The predicted octanol–water partition coefficient (Wildman–Crippen LogP) is 0.534. The Kier molecular flexibility index (Phi) is 3.04. The molecule has 0 aromatic carbocycles. The number of hydrogen-bond acceptors (Lipinski definition) is 5. The average Bonchev–Trinajstić information content (AvgIpc) is 3.12. The van der Waals surface area contributed by atoms with Gasteiger partial charge in [0.15, 0.2) is 0 Å². The van der Waals surface area contributed by atoms with Crippen LogP contribution in [0.3, 0.4) is 0 Å². The number of fused-ring (bicyclic) bond motifs is 1. The lowest BCUT2D eigenvalue weighted by Gasteiger charge is -2.09. The molecule has 1 aliphatic rings. The monoisotopic (exact) mass is 276 g/mol. The van der Waals surface area contributed by atoms with Crippen LogP contribution in [0.15, 0.2) is 9.32 Å². The Morgan fingerprint density at radius 2 is 2.25 bits per heavy atom. The lowest BCUT2D eigenvalue weighted by molar-refractivity contribution is -0.121. The van der Waals surface area contributed by atoms with Gasteiger partial charge < -0.3 is 9.84 Å². The smallest absolute Gasteiger partial charge is 0.267 e. The fourth-order valence-electron chi connectivity index (χ4n) is 2.17. The number of amides is 1. The molecule has 0 radical (unpaired) electrons.